The number of nitrogens with zero attached hydrogens (tertiary/aromatic N) is 3. The Morgan fingerprint density at radius 3 is 2.39 bits per heavy atom. The number of hydrogen-bond acceptors (Lipinski definition) is 4. The summed E-state index contributed by atoms with van der Waals surface area (Å²) in [6, 6.07) is 17.9. The van der Waals surface area contributed by atoms with Crippen LogP contribution in [0.15, 0.2) is 54.6 Å². The summed E-state index contributed by atoms with van der Waals surface area (Å²) in [6.07, 6.45) is 3.05. The van der Waals surface area contributed by atoms with Gasteiger partial charge >= 0.3 is 6.03 Å². The van der Waals surface area contributed by atoms with Crippen molar-refractivity contribution in [2.45, 2.75) is 44.6 Å². The first-order valence-electron chi connectivity index (χ1n) is 12.9. The lowest BCUT2D eigenvalue weighted by atomic mass is 9.74. The van der Waals surface area contributed by atoms with Gasteiger partial charge in [0.2, 0.25) is 5.91 Å². The molecular weight excluding hydrogens is 452 g/mol. The number of urea groups is 1. The fourth-order valence-electron chi connectivity index (χ4n) is 5.51. The highest BCUT2D eigenvalue weighted by Crippen LogP contribution is 2.37. The van der Waals surface area contributed by atoms with E-state index in [0.29, 0.717) is 58.3 Å². The predicted molar refractivity (Wildman–Crippen MR) is 140 cm³/mol. The molecular formula is C29H38N4O3. The lowest BCUT2D eigenvalue weighted by Crippen LogP contribution is -2.57. The van der Waals surface area contributed by atoms with E-state index in [2.05, 4.69) is 23.5 Å². The van der Waals surface area contributed by atoms with E-state index in [0.717, 1.165) is 16.7 Å². The molecule has 2 heterocycles. The monoisotopic (exact) mass is 490 g/mol. The molecule has 192 valence electrons. The summed E-state index contributed by atoms with van der Waals surface area (Å²) in [7, 11) is 3.87. The van der Waals surface area contributed by atoms with E-state index in [1.165, 1.54) is 4.90 Å². The van der Waals surface area contributed by atoms with Crippen LogP contribution in [-0.2, 0) is 22.4 Å². The van der Waals surface area contributed by atoms with E-state index in [-0.39, 0.29) is 23.8 Å². The molecule has 36 heavy (non-hydrogen) atoms. The third-order valence-corrected chi connectivity index (χ3v) is 7.61. The second-order valence-electron chi connectivity index (χ2n) is 10.5. The van der Waals surface area contributed by atoms with Crippen LogP contribution in [0.2, 0.25) is 0 Å². The molecule has 0 aliphatic carbocycles. The maximum absolute atomic E-state index is 13.8. The maximum Gasteiger partial charge on any atom is 0.325 e. The van der Waals surface area contributed by atoms with Crippen LogP contribution in [0.1, 0.15) is 36.0 Å². The molecule has 0 spiro atoms. The molecule has 7 heteroatoms. The van der Waals surface area contributed by atoms with Crippen LogP contribution in [0.5, 0.6) is 0 Å². The van der Waals surface area contributed by atoms with Crippen molar-refractivity contribution in [3.8, 4) is 0 Å². The fraction of sp³-hybridized carbons (Fsp3) is 0.483. The molecule has 2 aliphatic rings. The smallest absolute Gasteiger partial charge is 0.325 e. The second-order valence-corrected chi connectivity index (χ2v) is 10.5. The summed E-state index contributed by atoms with van der Waals surface area (Å²) in [4.78, 5) is 45.1. The lowest BCUT2D eigenvalue weighted by Gasteiger charge is -2.41. The van der Waals surface area contributed by atoms with Crippen molar-refractivity contribution < 1.29 is 14.4 Å². The SMILES string of the molecule is Cc1cccc(CC(=O)N2CCC(C3(CCc4ccccc4)NC(=O)N(CCN(C)C)C3=O)CC2)c1. The number of rotatable bonds is 9. The normalized spacial score (nSPS) is 20.8. The number of carbonyl (C=O) groups is 3. The zero-order valence-corrected chi connectivity index (χ0v) is 21.7. The number of benzene rings is 2. The van der Waals surface area contributed by atoms with Crippen LogP contribution in [0, 0.1) is 12.8 Å². The highest BCUT2D eigenvalue weighted by Gasteiger charge is 2.55. The first kappa shape index (κ1) is 25.9. The molecule has 2 aliphatic heterocycles. The molecule has 1 N–H and O–H groups in total. The summed E-state index contributed by atoms with van der Waals surface area (Å²) < 4.78 is 0. The van der Waals surface area contributed by atoms with Crippen LogP contribution in [-0.4, -0.2) is 78.4 Å². The maximum atomic E-state index is 13.8. The Bertz CT molecular complexity index is 1080. The van der Waals surface area contributed by atoms with Gasteiger partial charge in [0.15, 0.2) is 0 Å². The van der Waals surface area contributed by atoms with E-state index in [9.17, 15) is 14.4 Å². The third kappa shape index (κ3) is 5.78. The largest absolute Gasteiger partial charge is 0.342 e. The van der Waals surface area contributed by atoms with Crippen LogP contribution in [0.3, 0.4) is 0 Å². The molecule has 2 aromatic carbocycles. The Kier molecular flexibility index (Phi) is 8.09. The minimum atomic E-state index is -0.926. The molecule has 4 rings (SSSR count). The van der Waals surface area contributed by atoms with Crippen LogP contribution < -0.4 is 5.32 Å². The van der Waals surface area contributed by atoms with Gasteiger partial charge in [-0.05, 0) is 63.7 Å². The molecule has 0 radical (unpaired) electrons. The summed E-state index contributed by atoms with van der Waals surface area (Å²) in [5.41, 5.74) is 2.39. The van der Waals surface area contributed by atoms with Crippen molar-refractivity contribution in [3.05, 3.63) is 71.3 Å². The van der Waals surface area contributed by atoms with Gasteiger partial charge in [0.25, 0.3) is 5.91 Å². The summed E-state index contributed by atoms with van der Waals surface area (Å²) in [5, 5.41) is 3.14. The number of nitrogens with one attached hydrogen (secondary N) is 1. The third-order valence-electron chi connectivity index (χ3n) is 7.61. The first-order valence-corrected chi connectivity index (χ1v) is 12.9. The van der Waals surface area contributed by atoms with Crippen molar-refractivity contribution in [2.24, 2.45) is 5.92 Å². The number of hydrogen-bond donors (Lipinski definition) is 1. The number of aryl methyl sites for hydroxylation is 2. The van der Waals surface area contributed by atoms with Gasteiger partial charge in [-0.3, -0.25) is 14.5 Å². The molecule has 2 saturated heterocycles. The van der Waals surface area contributed by atoms with Crippen molar-refractivity contribution in [1.82, 2.24) is 20.0 Å². The molecule has 1 atom stereocenters. The molecule has 7 nitrogen and oxygen atoms in total. The highest BCUT2D eigenvalue weighted by molar-refractivity contribution is 6.07. The standard InChI is InChI=1S/C29H38N4O3/c1-22-8-7-11-24(20-22)21-26(34)32-16-13-25(14-17-32)29(15-12-23-9-5-4-6-10-23)27(35)33(28(36)30-29)19-18-31(2)3/h4-11,20,25H,12-19,21H2,1-3H3,(H,30,36). The van der Waals surface area contributed by atoms with Crippen LogP contribution in [0.25, 0.3) is 0 Å². The van der Waals surface area contributed by atoms with E-state index >= 15 is 0 Å². The minimum absolute atomic E-state index is 0.00922. The number of carbonyl (C=O) groups excluding carboxylic acids is 3. The number of likely N-dealkylation sites (tertiary alicyclic amines) is 1. The van der Waals surface area contributed by atoms with Crippen molar-refractivity contribution in [1.29, 1.82) is 0 Å². The quantitative estimate of drug-likeness (QED) is 0.548. The fourth-order valence-corrected chi connectivity index (χ4v) is 5.51. The number of piperidine rings is 1. The van der Waals surface area contributed by atoms with Crippen molar-refractivity contribution >= 4 is 17.8 Å². The van der Waals surface area contributed by atoms with Gasteiger partial charge in [-0.15, -0.1) is 0 Å². The van der Waals surface area contributed by atoms with E-state index in [1.54, 1.807) is 0 Å². The highest BCUT2D eigenvalue weighted by atomic mass is 16.2. The zero-order valence-electron chi connectivity index (χ0n) is 21.7. The number of likely N-dealkylation sites (N-methyl/N-ethyl adjacent to an activating group) is 1. The van der Waals surface area contributed by atoms with Gasteiger partial charge in [-0.1, -0.05) is 60.2 Å². The van der Waals surface area contributed by atoms with Crippen LogP contribution >= 0.6 is 0 Å². The molecule has 4 amide bonds. The van der Waals surface area contributed by atoms with E-state index in [1.807, 2.05) is 67.2 Å². The van der Waals surface area contributed by atoms with Crippen molar-refractivity contribution in [3.63, 3.8) is 0 Å². The molecule has 0 aromatic heterocycles. The second kappa shape index (κ2) is 11.2. The molecule has 2 aromatic rings. The van der Waals surface area contributed by atoms with Crippen LogP contribution in [0.4, 0.5) is 4.79 Å². The van der Waals surface area contributed by atoms with Gasteiger partial charge in [0.1, 0.15) is 5.54 Å². The lowest BCUT2D eigenvalue weighted by molar-refractivity contribution is -0.136. The first-order chi connectivity index (χ1) is 17.3. The molecule has 1 unspecified atom stereocenters. The number of amides is 4. The van der Waals surface area contributed by atoms with Gasteiger partial charge in [-0.2, -0.15) is 0 Å². The molecule has 0 saturated carbocycles. The molecule has 0 bridgehead atoms. The van der Waals surface area contributed by atoms with Crippen molar-refractivity contribution in [2.75, 3.05) is 40.3 Å². The Labute approximate surface area is 214 Å². The average molecular weight is 491 g/mol. The minimum Gasteiger partial charge on any atom is -0.342 e. The average Bonchev–Trinajstić information content (AvgIpc) is 3.11. The Hall–Kier alpha value is -3.19. The Morgan fingerprint density at radius 2 is 1.72 bits per heavy atom. The van der Waals surface area contributed by atoms with E-state index in [4.69, 9.17) is 0 Å². The number of imide groups is 1. The zero-order chi connectivity index (χ0) is 25.7. The van der Waals surface area contributed by atoms with Gasteiger partial charge < -0.3 is 15.1 Å². The topological polar surface area (TPSA) is 73.0 Å². The summed E-state index contributed by atoms with van der Waals surface area (Å²) in [6.45, 7) is 4.23. The van der Waals surface area contributed by atoms with Gasteiger partial charge in [0.05, 0.1) is 6.42 Å². The molecule has 2 fully saturated rings. The predicted octanol–water partition coefficient (Wildman–Crippen LogP) is 3.26. The Balaban J connectivity index is 1.47. The van der Waals surface area contributed by atoms with Gasteiger partial charge in [0, 0.05) is 26.2 Å². The summed E-state index contributed by atoms with van der Waals surface area (Å²) >= 11 is 0. The van der Waals surface area contributed by atoms with E-state index < -0.39 is 5.54 Å². The summed E-state index contributed by atoms with van der Waals surface area (Å²) in [5.74, 6) is -0.00774. The van der Waals surface area contributed by atoms with Gasteiger partial charge in [-0.25, -0.2) is 4.79 Å². The Morgan fingerprint density at radius 1 is 1.03 bits per heavy atom.